The van der Waals surface area contributed by atoms with Crippen molar-refractivity contribution in [2.45, 2.75) is 13.3 Å². The Hall–Kier alpha value is -2.69. The summed E-state index contributed by atoms with van der Waals surface area (Å²) in [4.78, 5) is 14.0. The molecule has 2 aromatic carbocycles. The van der Waals surface area contributed by atoms with E-state index in [1.54, 1.807) is 25.2 Å². The van der Waals surface area contributed by atoms with Crippen molar-refractivity contribution in [3.05, 3.63) is 48.0 Å². The Labute approximate surface area is 129 Å². The zero-order valence-corrected chi connectivity index (χ0v) is 12.5. The van der Waals surface area contributed by atoms with E-state index in [4.69, 9.17) is 0 Å². The Kier molecular flexibility index (Phi) is 4.56. The Balaban J connectivity index is 2.07. The first-order chi connectivity index (χ1) is 10.4. The summed E-state index contributed by atoms with van der Waals surface area (Å²) in [6, 6.07) is 11.0. The number of phenolic OH excluding ortho intramolecular Hbond substituents is 3. The molecule has 22 heavy (non-hydrogen) atoms. The van der Waals surface area contributed by atoms with Crippen molar-refractivity contribution in [1.82, 2.24) is 0 Å². The van der Waals surface area contributed by atoms with Crippen molar-refractivity contribution < 1.29 is 20.1 Å². The summed E-state index contributed by atoms with van der Waals surface area (Å²) >= 11 is 0. The van der Waals surface area contributed by atoms with Crippen LogP contribution in [0.3, 0.4) is 0 Å². The van der Waals surface area contributed by atoms with Gasteiger partial charge in [0, 0.05) is 18.7 Å². The quantitative estimate of drug-likeness (QED) is 0.758. The number of hydrogen-bond acceptors (Lipinski definition) is 4. The molecule has 0 saturated heterocycles. The number of benzene rings is 2. The summed E-state index contributed by atoms with van der Waals surface area (Å²) in [5.74, 6) is -0.578. The highest BCUT2D eigenvalue weighted by molar-refractivity contribution is 5.94. The van der Waals surface area contributed by atoms with Crippen molar-refractivity contribution in [3.8, 4) is 17.2 Å². The average Bonchev–Trinajstić information content (AvgIpc) is 2.50. The van der Waals surface area contributed by atoms with Crippen molar-refractivity contribution in [3.63, 3.8) is 0 Å². The van der Waals surface area contributed by atoms with Gasteiger partial charge in [0.2, 0.25) is 5.91 Å². The van der Waals surface area contributed by atoms with Crippen molar-refractivity contribution >= 4 is 11.6 Å². The summed E-state index contributed by atoms with van der Waals surface area (Å²) in [5, 5.41) is 28.1. The minimum absolute atomic E-state index is 0.0711. The fraction of sp³-hybridized carbons (Fsp3) is 0.235. The Morgan fingerprint density at radius 2 is 1.68 bits per heavy atom. The number of carbonyl (C=O) groups is 1. The minimum Gasteiger partial charge on any atom is -0.508 e. The molecule has 0 heterocycles. The van der Waals surface area contributed by atoms with Crippen LogP contribution in [0.1, 0.15) is 12.5 Å². The van der Waals surface area contributed by atoms with Crippen LogP contribution < -0.4 is 4.90 Å². The van der Waals surface area contributed by atoms with E-state index in [1.165, 1.54) is 29.2 Å². The molecule has 0 bridgehead atoms. The van der Waals surface area contributed by atoms with Gasteiger partial charge in [0.05, 0.1) is 0 Å². The molecule has 5 nitrogen and oxygen atoms in total. The third-order valence-electron chi connectivity index (χ3n) is 3.57. The van der Waals surface area contributed by atoms with Gasteiger partial charge in [0.15, 0.2) is 11.5 Å². The molecule has 0 aliphatic carbocycles. The maximum atomic E-state index is 12.4. The van der Waals surface area contributed by atoms with Crippen LogP contribution in [0.25, 0.3) is 0 Å². The number of nitrogens with zero attached hydrogens (tertiary/aromatic N) is 1. The van der Waals surface area contributed by atoms with Crippen molar-refractivity contribution in [1.29, 1.82) is 0 Å². The van der Waals surface area contributed by atoms with E-state index < -0.39 is 0 Å². The SMILES string of the molecule is CC(Cc1ccc(O)c(O)c1)C(=O)N(C)c1ccc(O)cc1. The third kappa shape index (κ3) is 3.49. The van der Waals surface area contributed by atoms with E-state index in [0.29, 0.717) is 12.1 Å². The first kappa shape index (κ1) is 15.7. The van der Waals surface area contributed by atoms with Crippen LogP contribution in [0.2, 0.25) is 0 Å². The number of carbonyl (C=O) groups excluding carboxylic acids is 1. The molecule has 0 radical (unpaired) electrons. The highest BCUT2D eigenvalue weighted by Crippen LogP contribution is 2.27. The van der Waals surface area contributed by atoms with Crippen molar-refractivity contribution in [2.24, 2.45) is 5.92 Å². The van der Waals surface area contributed by atoms with Crippen molar-refractivity contribution in [2.75, 3.05) is 11.9 Å². The molecular formula is C17H19NO4. The number of hydrogen-bond donors (Lipinski definition) is 3. The van der Waals surface area contributed by atoms with Gasteiger partial charge < -0.3 is 20.2 Å². The predicted molar refractivity (Wildman–Crippen MR) is 84.2 cm³/mol. The zero-order chi connectivity index (χ0) is 16.3. The van der Waals surface area contributed by atoms with E-state index >= 15 is 0 Å². The van der Waals surface area contributed by atoms with Gasteiger partial charge in [0.1, 0.15) is 5.75 Å². The minimum atomic E-state index is -0.289. The van der Waals surface area contributed by atoms with E-state index in [9.17, 15) is 20.1 Å². The monoisotopic (exact) mass is 301 g/mol. The summed E-state index contributed by atoms with van der Waals surface area (Å²) in [6.45, 7) is 1.81. The number of phenols is 3. The topological polar surface area (TPSA) is 81.0 Å². The lowest BCUT2D eigenvalue weighted by molar-refractivity contribution is -0.121. The molecular weight excluding hydrogens is 282 g/mol. The third-order valence-corrected chi connectivity index (χ3v) is 3.57. The van der Waals surface area contributed by atoms with Gasteiger partial charge in [-0.25, -0.2) is 0 Å². The molecule has 2 rings (SSSR count). The summed E-state index contributed by atoms with van der Waals surface area (Å²) in [5.41, 5.74) is 1.47. The summed E-state index contributed by atoms with van der Waals surface area (Å²) in [6.07, 6.45) is 0.453. The fourth-order valence-corrected chi connectivity index (χ4v) is 2.27. The lowest BCUT2D eigenvalue weighted by Gasteiger charge is -2.21. The summed E-state index contributed by atoms with van der Waals surface area (Å²) < 4.78 is 0. The molecule has 1 unspecified atom stereocenters. The smallest absolute Gasteiger partial charge is 0.229 e. The fourth-order valence-electron chi connectivity index (χ4n) is 2.27. The zero-order valence-electron chi connectivity index (χ0n) is 12.5. The number of aromatic hydroxyl groups is 3. The van der Waals surface area contributed by atoms with Crippen LogP contribution in [0, 0.1) is 5.92 Å². The lowest BCUT2D eigenvalue weighted by Crippen LogP contribution is -2.32. The van der Waals surface area contributed by atoms with Crippen LogP contribution >= 0.6 is 0 Å². The van der Waals surface area contributed by atoms with E-state index in [0.717, 1.165) is 5.56 Å². The Morgan fingerprint density at radius 3 is 2.27 bits per heavy atom. The summed E-state index contributed by atoms with van der Waals surface area (Å²) in [7, 11) is 1.68. The molecule has 0 aromatic heterocycles. The van der Waals surface area contributed by atoms with E-state index in [-0.39, 0.29) is 29.1 Å². The molecule has 0 spiro atoms. The molecule has 0 saturated carbocycles. The number of rotatable bonds is 4. The second-order valence-electron chi connectivity index (χ2n) is 5.34. The first-order valence-corrected chi connectivity index (χ1v) is 6.96. The second-order valence-corrected chi connectivity index (χ2v) is 5.34. The van der Waals surface area contributed by atoms with Gasteiger partial charge in [0.25, 0.3) is 0 Å². The van der Waals surface area contributed by atoms with Crippen LogP contribution in [0.4, 0.5) is 5.69 Å². The molecule has 0 aliphatic rings. The molecule has 116 valence electrons. The highest BCUT2D eigenvalue weighted by Gasteiger charge is 2.19. The number of amides is 1. The Morgan fingerprint density at radius 1 is 1.05 bits per heavy atom. The maximum Gasteiger partial charge on any atom is 0.229 e. The van der Waals surface area contributed by atoms with Crippen LogP contribution in [0.5, 0.6) is 17.2 Å². The van der Waals surface area contributed by atoms with Crippen LogP contribution in [-0.4, -0.2) is 28.3 Å². The molecule has 0 aliphatic heterocycles. The van der Waals surface area contributed by atoms with Gasteiger partial charge in [-0.05, 0) is 48.4 Å². The van der Waals surface area contributed by atoms with Gasteiger partial charge in [-0.2, -0.15) is 0 Å². The molecule has 0 fully saturated rings. The average molecular weight is 301 g/mol. The number of anilines is 1. The van der Waals surface area contributed by atoms with Gasteiger partial charge in [-0.1, -0.05) is 13.0 Å². The van der Waals surface area contributed by atoms with Crippen LogP contribution in [0.15, 0.2) is 42.5 Å². The Bertz CT molecular complexity index is 667. The van der Waals surface area contributed by atoms with Gasteiger partial charge in [-0.3, -0.25) is 4.79 Å². The second kappa shape index (κ2) is 6.39. The largest absolute Gasteiger partial charge is 0.508 e. The molecule has 2 aromatic rings. The predicted octanol–water partition coefficient (Wildman–Crippen LogP) is 2.65. The maximum absolute atomic E-state index is 12.4. The van der Waals surface area contributed by atoms with Gasteiger partial charge in [-0.15, -0.1) is 0 Å². The first-order valence-electron chi connectivity index (χ1n) is 6.96. The normalized spacial score (nSPS) is 11.9. The van der Waals surface area contributed by atoms with Gasteiger partial charge >= 0.3 is 0 Å². The van der Waals surface area contributed by atoms with Crippen LogP contribution in [-0.2, 0) is 11.2 Å². The van der Waals surface area contributed by atoms with E-state index in [2.05, 4.69) is 0 Å². The lowest BCUT2D eigenvalue weighted by atomic mass is 9.99. The molecule has 1 amide bonds. The van der Waals surface area contributed by atoms with E-state index in [1.807, 2.05) is 6.92 Å². The standard InChI is InChI=1S/C17H19NO4/c1-11(9-12-3-8-15(20)16(21)10-12)17(22)18(2)13-4-6-14(19)7-5-13/h3-8,10-11,19-21H,9H2,1-2H3. The molecule has 1 atom stereocenters. The highest BCUT2D eigenvalue weighted by atomic mass is 16.3. The molecule has 5 heteroatoms. The molecule has 3 N–H and O–H groups in total.